The van der Waals surface area contributed by atoms with Gasteiger partial charge in [-0.15, -0.1) is 37.2 Å². The first kappa shape index (κ1) is 31.0. The molecule has 0 saturated carbocycles. The van der Waals surface area contributed by atoms with Gasteiger partial charge in [-0.1, -0.05) is 0 Å². The van der Waals surface area contributed by atoms with Crippen LogP contribution in [-0.2, 0) is 27.5 Å². The molecule has 0 saturated heterocycles. The summed E-state index contributed by atoms with van der Waals surface area (Å²) in [6, 6.07) is 0. The normalized spacial score (nSPS) is 0.600. The first-order valence-corrected chi connectivity index (χ1v) is 1.21. The molecule has 0 bridgehead atoms. The molecule has 0 aliphatic carbocycles. The Balaban J connectivity index is -0.00000000167. The van der Waals surface area contributed by atoms with Gasteiger partial charge in [0.15, 0.2) is 0 Å². The van der Waals surface area contributed by atoms with Crippen LogP contribution >= 0.6 is 37.2 Å². The van der Waals surface area contributed by atoms with E-state index in [0.717, 1.165) is 0 Å². The van der Waals surface area contributed by atoms with Crippen LogP contribution in [0.4, 0.5) is 0 Å². The molecule has 0 heterocycles. The van der Waals surface area contributed by atoms with Gasteiger partial charge in [0, 0.05) is 0 Å². The first-order valence-electron chi connectivity index (χ1n) is 0.204. The Bertz CT molecular complexity index is 6.85. The van der Waals surface area contributed by atoms with Crippen molar-refractivity contribution in [3.63, 3.8) is 0 Å². The topological polar surface area (TPSA) is 17.1 Å². The van der Waals surface area contributed by atoms with Crippen molar-refractivity contribution in [3.05, 3.63) is 0 Å². The maximum absolute atomic E-state index is 8.34. The average Bonchev–Trinajstić information content (AvgIpc) is 1.00. The number of rotatable bonds is 0. The van der Waals surface area contributed by atoms with Crippen LogP contribution in [-0.4, -0.2) is 0 Å². The summed E-state index contributed by atoms with van der Waals surface area (Å²) in [5.74, 6) is 0. The zero-order chi connectivity index (χ0) is 2.00. The van der Waals surface area contributed by atoms with E-state index in [1.165, 1.54) is 0 Å². The molecule has 5 heteroatoms. The van der Waals surface area contributed by atoms with Crippen LogP contribution in [0.2, 0.25) is 0 Å². The van der Waals surface area contributed by atoms with Gasteiger partial charge in [0.2, 0.25) is 0 Å². The van der Waals surface area contributed by atoms with Crippen molar-refractivity contribution in [2.45, 2.75) is 0 Å². The van der Waals surface area contributed by atoms with Crippen LogP contribution < -0.4 is 0 Å². The van der Waals surface area contributed by atoms with E-state index in [0.29, 0.717) is 24.7 Å². The molecule has 0 amide bonds. The van der Waals surface area contributed by atoms with Gasteiger partial charge in [0.1, 0.15) is 0 Å². The predicted molar refractivity (Wildman–Crippen MR) is 22.4 cm³/mol. The maximum atomic E-state index is 8.34. The molecule has 0 radical (unpaired) electrons. The van der Waals surface area contributed by atoms with Gasteiger partial charge in [-0.3, -0.25) is 0 Å². The van der Waals surface area contributed by atoms with E-state index >= 15 is 0 Å². The van der Waals surface area contributed by atoms with E-state index in [-0.39, 0.29) is 37.2 Å². The van der Waals surface area contributed by atoms with Crippen molar-refractivity contribution >= 4 is 37.2 Å². The molecule has 0 aromatic heterocycles. The summed E-state index contributed by atoms with van der Waals surface area (Å²) in [6.07, 6.45) is 0. The Hall–Kier alpha value is 1.55. The van der Waals surface area contributed by atoms with Crippen molar-refractivity contribution in [2.24, 2.45) is 0 Å². The summed E-state index contributed by atoms with van der Waals surface area (Å²) in [5.41, 5.74) is 0. The van der Waals surface area contributed by atoms with Gasteiger partial charge in [-0.05, 0) is 0 Å². The van der Waals surface area contributed by atoms with Gasteiger partial charge >= 0.3 is 27.5 Å². The molecule has 34 valence electrons. The third kappa shape index (κ3) is 29.1. The Morgan fingerprint density at radius 3 is 0.800 bits per heavy atom. The fourth-order valence-corrected chi connectivity index (χ4v) is 0. The van der Waals surface area contributed by atoms with Gasteiger partial charge in [0.25, 0.3) is 0 Å². The number of halogens is 3. The van der Waals surface area contributed by atoms with Crippen molar-refractivity contribution in [3.8, 4) is 0 Å². The Labute approximate surface area is 64.4 Å². The Morgan fingerprint density at radius 1 is 0.800 bits per heavy atom. The number of hydrogen-bond donors (Lipinski definition) is 0. The van der Waals surface area contributed by atoms with Crippen LogP contribution in [0.5, 0.6) is 0 Å². The third-order valence-electron chi connectivity index (χ3n) is 0. The van der Waals surface area contributed by atoms with Crippen molar-refractivity contribution in [1.82, 2.24) is 0 Å². The molecule has 0 aliphatic rings. The monoisotopic (exact) mass is 214 g/mol. The molecular weight excluding hydrogens is 214 g/mol. The van der Waals surface area contributed by atoms with Gasteiger partial charge in [-0.2, -0.15) is 0 Å². The fraction of sp³-hybridized carbons (Fsp3) is 0. The van der Waals surface area contributed by atoms with Gasteiger partial charge < -0.3 is 0 Å². The van der Waals surface area contributed by atoms with E-state index in [9.17, 15) is 0 Å². The summed E-state index contributed by atoms with van der Waals surface area (Å²) in [7, 11) is 0. The molecule has 0 unspecified atom stereocenters. The van der Waals surface area contributed by atoms with E-state index in [1.807, 2.05) is 0 Å². The molecule has 0 aromatic rings. The van der Waals surface area contributed by atoms with Crippen LogP contribution in [0.1, 0.15) is 0 Å². The summed E-state index contributed by atoms with van der Waals surface area (Å²) in [4.78, 5) is 0. The molecule has 0 spiro atoms. The average molecular weight is 217 g/mol. The van der Waals surface area contributed by atoms with Gasteiger partial charge in [-0.25, -0.2) is 0 Å². The van der Waals surface area contributed by atoms with Crippen molar-refractivity contribution < 1.29 is 27.5 Å². The van der Waals surface area contributed by atoms with Crippen molar-refractivity contribution in [2.75, 3.05) is 0 Å². The second-order valence-electron chi connectivity index (χ2n) is 0. The molecule has 5 heavy (non-hydrogen) atoms. The molecule has 1 nitrogen and oxygen atoms in total. The SMILES string of the molecule is Cl.Cl.Cl.[O]=[Zr]. The molecule has 0 fully saturated rings. The predicted octanol–water partition coefficient (Wildman–Crippen LogP) is 1.14. The summed E-state index contributed by atoms with van der Waals surface area (Å²) >= 11 is 0.300. The quantitative estimate of drug-likeness (QED) is 0.594. The second-order valence-corrected chi connectivity index (χ2v) is 0. The fourth-order valence-electron chi connectivity index (χ4n) is 0. The molecule has 0 N–H and O–H groups in total. The first-order chi connectivity index (χ1) is 1.00. The standard InChI is InChI=1S/3ClH.O.Zr/h3*1H;;. The summed E-state index contributed by atoms with van der Waals surface area (Å²) in [5, 5.41) is 0. The molecule has 0 atom stereocenters. The molecule has 0 aliphatic heterocycles. The van der Waals surface area contributed by atoms with Crippen molar-refractivity contribution in [1.29, 1.82) is 0 Å². The van der Waals surface area contributed by atoms with Crippen LogP contribution in [0, 0.1) is 0 Å². The Morgan fingerprint density at radius 2 is 0.800 bits per heavy atom. The van der Waals surface area contributed by atoms with Crippen LogP contribution in [0.15, 0.2) is 0 Å². The molecular formula is H3Cl3OZr. The number of hydrogen-bond acceptors (Lipinski definition) is 1. The van der Waals surface area contributed by atoms with E-state index in [4.69, 9.17) is 2.81 Å². The Kier molecular flexibility index (Phi) is 296. The van der Waals surface area contributed by atoms with E-state index < -0.39 is 0 Å². The van der Waals surface area contributed by atoms with E-state index in [1.54, 1.807) is 0 Å². The summed E-state index contributed by atoms with van der Waals surface area (Å²) < 4.78 is 8.34. The molecule has 0 rings (SSSR count). The minimum absolute atomic E-state index is 0. The second kappa shape index (κ2) is 47.7. The third-order valence-corrected chi connectivity index (χ3v) is 0. The minimum atomic E-state index is 0. The van der Waals surface area contributed by atoms with Gasteiger partial charge in [0.05, 0.1) is 0 Å². The molecule has 0 aromatic carbocycles. The zero-order valence-corrected chi connectivity index (χ0v) is 7.04. The van der Waals surface area contributed by atoms with E-state index in [2.05, 4.69) is 0 Å². The summed E-state index contributed by atoms with van der Waals surface area (Å²) in [6.45, 7) is 0. The van der Waals surface area contributed by atoms with Crippen LogP contribution in [0.3, 0.4) is 0 Å². The van der Waals surface area contributed by atoms with Crippen LogP contribution in [0.25, 0.3) is 0 Å². The zero-order valence-electron chi connectivity index (χ0n) is 2.13.